The Labute approximate surface area is 131 Å². The smallest absolute Gasteiger partial charge is 0.227 e. The number of nitrogens with zero attached hydrogens (tertiary/aromatic N) is 3. The van der Waals surface area contributed by atoms with Crippen molar-refractivity contribution in [1.82, 2.24) is 15.0 Å². The highest BCUT2D eigenvalue weighted by molar-refractivity contribution is 7.16. The Morgan fingerprint density at radius 2 is 1.77 bits per heavy atom. The number of thiazole rings is 1. The molecule has 4 rings (SSSR count). The number of hydrogen-bond acceptors (Lipinski definition) is 5. The molecule has 2 aromatic heterocycles. The molecule has 0 amide bonds. The van der Waals surface area contributed by atoms with Gasteiger partial charge in [0.15, 0.2) is 0 Å². The van der Waals surface area contributed by atoms with Gasteiger partial charge in [-0.05, 0) is 49.2 Å². The third-order valence-electron chi connectivity index (χ3n) is 3.53. The van der Waals surface area contributed by atoms with Gasteiger partial charge in [0.2, 0.25) is 5.95 Å². The summed E-state index contributed by atoms with van der Waals surface area (Å²) in [6.45, 7) is 4.16. The number of rotatable bonds is 2. The van der Waals surface area contributed by atoms with E-state index in [1.54, 1.807) is 11.3 Å². The van der Waals surface area contributed by atoms with Crippen LogP contribution in [0.2, 0.25) is 0 Å². The summed E-state index contributed by atoms with van der Waals surface area (Å²) in [6, 6.07) is 10.4. The Morgan fingerprint density at radius 1 is 0.955 bits per heavy atom. The maximum absolute atomic E-state index is 4.65. The van der Waals surface area contributed by atoms with Crippen LogP contribution in [-0.2, 0) is 0 Å². The van der Waals surface area contributed by atoms with Gasteiger partial charge in [-0.1, -0.05) is 6.07 Å². The van der Waals surface area contributed by atoms with Gasteiger partial charge in [0.1, 0.15) is 11.0 Å². The SMILES string of the molecule is Cc1cc(C)cc(Nc2ncc3ccc4scnc4c3n2)c1. The predicted octanol–water partition coefficient (Wildman–Crippen LogP) is 4.60. The number of aryl methyl sites for hydroxylation is 2. The van der Waals surface area contributed by atoms with Gasteiger partial charge in [-0.3, -0.25) is 0 Å². The number of fused-ring (bicyclic) bond motifs is 3. The van der Waals surface area contributed by atoms with Gasteiger partial charge in [-0.25, -0.2) is 15.0 Å². The van der Waals surface area contributed by atoms with Crippen LogP contribution in [0, 0.1) is 13.8 Å². The summed E-state index contributed by atoms with van der Waals surface area (Å²) in [5.74, 6) is 0.595. The van der Waals surface area contributed by atoms with Crippen molar-refractivity contribution < 1.29 is 0 Å². The average Bonchev–Trinajstić information content (AvgIpc) is 2.95. The van der Waals surface area contributed by atoms with Crippen LogP contribution in [0.15, 0.2) is 42.0 Å². The van der Waals surface area contributed by atoms with Crippen LogP contribution in [0.25, 0.3) is 21.1 Å². The lowest BCUT2D eigenvalue weighted by Gasteiger charge is -2.08. The summed E-state index contributed by atoms with van der Waals surface area (Å²) in [5, 5.41) is 4.29. The number of benzene rings is 2. The Hall–Kier alpha value is -2.53. The van der Waals surface area contributed by atoms with E-state index >= 15 is 0 Å². The van der Waals surface area contributed by atoms with E-state index in [1.165, 1.54) is 11.1 Å². The lowest BCUT2D eigenvalue weighted by molar-refractivity contribution is 1.21. The lowest BCUT2D eigenvalue weighted by atomic mass is 10.1. The second-order valence-corrected chi connectivity index (χ2v) is 6.28. The highest BCUT2D eigenvalue weighted by Gasteiger charge is 2.07. The number of aromatic nitrogens is 3. The first kappa shape index (κ1) is 13.2. The maximum atomic E-state index is 4.65. The fourth-order valence-electron chi connectivity index (χ4n) is 2.66. The minimum Gasteiger partial charge on any atom is -0.324 e. The fourth-order valence-corrected chi connectivity index (χ4v) is 3.34. The molecule has 0 radical (unpaired) electrons. The quantitative estimate of drug-likeness (QED) is 0.588. The molecule has 0 unspecified atom stereocenters. The summed E-state index contributed by atoms with van der Waals surface area (Å²) in [4.78, 5) is 13.5. The van der Waals surface area contributed by atoms with E-state index in [0.29, 0.717) is 5.95 Å². The minimum atomic E-state index is 0.595. The van der Waals surface area contributed by atoms with E-state index in [9.17, 15) is 0 Å². The summed E-state index contributed by atoms with van der Waals surface area (Å²) < 4.78 is 1.14. The van der Waals surface area contributed by atoms with E-state index in [0.717, 1.165) is 26.8 Å². The van der Waals surface area contributed by atoms with Crippen LogP contribution < -0.4 is 5.32 Å². The van der Waals surface area contributed by atoms with Crippen molar-refractivity contribution >= 4 is 44.1 Å². The maximum Gasteiger partial charge on any atom is 0.227 e. The molecule has 4 nitrogen and oxygen atoms in total. The second kappa shape index (κ2) is 5.03. The Morgan fingerprint density at radius 3 is 2.59 bits per heavy atom. The second-order valence-electron chi connectivity index (χ2n) is 5.40. The molecule has 0 fully saturated rings. The third-order valence-corrected chi connectivity index (χ3v) is 4.32. The van der Waals surface area contributed by atoms with E-state index in [-0.39, 0.29) is 0 Å². The molecule has 0 saturated heterocycles. The Kier molecular flexibility index (Phi) is 3.01. The van der Waals surface area contributed by atoms with Gasteiger partial charge >= 0.3 is 0 Å². The van der Waals surface area contributed by atoms with Gasteiger partial charge in [0.05, 0.1) is 10.2 Å². The molecule has 0 spiro atoms. The first-order valence-corrected chi connectivity index (χ1v) is 7.91. The van der Waals surface area contributed by atoms with E-state index in [2.05, 4.69) is 58.4 Å². The average molecular weight is 306 g/mol. The van der Waals surface area contributed by atoms with Gasteiger partial charge in [-0.15, -0.1) is 11.3 Å². The molecule has 0 aliphatic carbocycles. The molecule has 0 bridgehead atoms. The topological polar surface area (TPSA) is 50.7 Å². The van der Waals surface area contributed by atoms with Crippen molar-refractivity contribution in [2.75, 3.05) is 5.32 Å². The molecular formula is C17H14N4S. The first-order valence-electron chi connectivity index (χ1n) is 7.03. The molecule has 0 aliphatic heterocycles. The van der Waals surface area contributed by atoms with Crippen molar-refractivity contribution in [2.45, 2.75) is 13.8 Å². The van der Waals surface area contributed by atoms with Gasteiger partial charge in [0.25, 0.3) is 0 Å². The first-order chi connectivity index (χ1) is 10.7. The summed E-state index contributed by atoms with van der Waals surface area (Å²) in [7, 11) is 0. The van der Waals surface area contributed by atoms with Crippen LogP contribution >= 0.6 is 11.3 Å². The molecule has 22 heavy (non-hydrogen) atoms. The van der Waals surface area contributed by atoms with Crippen molar-refractivity contribution in [2.24, 2.45) is 0 Å². The molecule has 0 atom stereocenters. The van der Waals surface area contributed by atoms with Crippen molar-refractivity contribution in [3.63, 3.8) is 0 Å². The molecule has 1 N–H and O–H groups in total. The lowest BCUT2D eigenvalue weighted by Crippen LogP contribution is -1.98. The van der Waals surface area contributed by atoms with Crippen LogP contribution in [0.5, 0.6) is 0 Å². The van der Waals surface area contributed by atoms with Crippen molar-refractivity contribution in [3.05, 3.63) is 53.2 Å². The normalized spacial score (nSPS) is 11.2. The Bertz CT molecular complexity index is 970. The van der Waals surface area contributed by atoms with Gasteiger partial charge in [-0.2, -0.15) is 0 Å². The summed E-state index contributed by atoms with van der Waals surface area (Å²) in [6.07, 6.45) is 1.84. The number of hydrogen-bond donors (Lipinski definition) is 1. The third kappa shape index (κ3) is 2.29. The molecule has 4 aromatic rings. The van der Waals surface area contributed by atoms with Gasteiger partial charge < -0.3 is 5.32 Å². The molecule has 108 valence electrons. The molecule has 2 heterocycles. The van der Waals surface area contributed by atoms with Gasteiger partial charge in [0, 0.05) is 17.3 Å². The molecule has 0 saturated carbocycles. The predicted molar refractivity (Wildman–Crippen MR) is 91.9 cm³/mol. The molecule has 0 aliphatic rings. The standard InChI is InChI=1S/C17H14N4S/c1-10-5-11(2)7-13(6-10)20-17-18-8-12-3-4-14-16(15(12)21-17)19-9-22-14/h3-9H,1-2H3,(H,18,20,21). The molecular weight excluding hydrogens is 292 g/mol. The number of anilines is 2. The zero-order chi connectivity index (χ0) is 15.1. The summed E-state index contributed by atoms with van der Waals surface area (Å²) >= 11 is 1.62. The van der Waals surface area contributed by atoms with Crippen molar-refractivity contribution in [3.8, 4) is 0 Å². The van der Waals surface area contributed by atoms with Crippen LogP contribution in [-0.4, -0.2) is 15.0 Å². The van der Waals surface area contributed by atoms with E-state index < -0.39 is 0 Å². The van der Waals surface area contributed by atoms with Crippen LogP contribution in [0.3, 0.4) is 0 Å². The summed E-state index contributed by atoms with van der Waals surface area (Å²) in [5.41, 5.74) is 7.11. The Balaban J connectivity index is 1.81. The minimum absolute atomic E-state index is 0.595. The van der Waals surface area contributed by atoms with Crippen LogP contribution in [0.1, 0.15) is 11.1 Å². The van der Waals surface area contributed by atoms with Crippen molar-refractivity contribution in [1.29, 1.82) is 0 Å². The van der Waals surface area contributed by atoms with Crippen LogP contribution in [0.4, 0.5) is 11.6 Å². The zero-order valence-corrected chi connectivity index (χ0v) is 13.1. The number of nitrogens with one attached hydrogen (secondary N) is 1. The van der Waals surface area contributed by atoms with E-state index in [1.807, 2.05) is 17.8 Å². The van der Waals surface area contributed by atoms with E-state index in [4.69, 9.17) is 0 Å². The molecule has 5 heteroatoms. The molecule has 2 aromatic carbocycles. The highest BCUT2D eigenvalue weighted by Crippen LogP contribution is 2.26. The highest BCUT2D eigenvalue weighted by atomic mass is 32.1. The largest absolute Gasteiger partial charge is 0.324 e. The fraction of sp³-hybridized carbons (Fsp3) is 0.118. The monoisotopic (exact) mass is 306 g/mol. The zero-order valence-electron chi connectivity index (χ0n) is 12.3.